The number of anilines is 1. The number of ether oxygens (including phenoxy) is 1. The van der Waals surface area contributed by atoms with Gasteiger partial charge in [0.2, 0.25) is 0 Å². The third-order valence-electron chi connectivity index (χ3n) is 5.47. The van der Waals surface area contributed by atoms with Crippen LogP contribution in [0.1, 0.15) is 10.6 Å². The second-order valence-electron chi connectivity index (χ2n) is 7.52. The van der Waals surface area contributed by atoms with Crippen molar-refractivity contribution in [2.45, 2.75) is 0 Å². The molecule has 0 unspecified atom stereocenters. The minimum atomic E-state index is -0.446. The van der Waals surface area contributed by atoms with Gasteiger partial charge in [-0.2, -0.15) is 0 Å². The number of carbonyl (C=O) groups excluding carboxylic acids is 1. The molecule has 2 heterocycles. The number of benzene rings is 2. The summed E-state index contributed by atoms with van der Waals surface area (Å²) in [5, 5.41) is 15.1. The molecule has 176 valence electrons. The van der Waals surface area contributed by atoms with E-state index in [-0.39, 0.29) is 16.6 Å². The normalized spacial score (nSPS) is 13.5. The van der Waals surface area contributed by atoms with E-state index in [1.807, 2.05) is 9.80 Å². The number of nitro benzene ring substituents is 1. The van der Waals surface area contributed by atoms with Crippen LogP contribution in [0, 0.1) is 10.1 Å². The van der Waals surface area contributed by atoms with Crippen LogP contribution in [0.15, 0.2) is 59.0 Å². The minimum Gasteiger partial charge on any atom is -0.496 e. The number of methoxy groups -OCH3 is 1. The predicted molar refractivity (Wildman–Crippen MR) is 133 cm³/mol. The zero-order valence-corrected chi connectivity index (χ0v) is 19.8. The Balaban J connectivity index is 1.36. The van der Waals surface area contributed by atoms with E-state index in [9.17, 15) is 14.9 Å². The lowest BCUT2D eigenvalue weighted by atomic mass is 10.2. The number of piperazine rings is 1. The van der Waals surface area contributed by atoms with Gasteiger partial charge in [-0.1, -0.05) is 11.6 Å². The fourth-order valence-corrected chi connectivity index (χ4v) is 4.06. The molecule has 0 atom stereocenters. The number of hydrogen-bond acceptors (Lipinski definition) is 7. The molecule has 0 saturated carbocycles. The average Bonchev–Trinajstić information content (AvgIpc) is 3.34. The highest BCUT2D eigenvalue weighted by Gasteiger charge is 2.26. The van der Waals surface area contributed by atoms with Crippen molar-refractivity contribution in [2.75, 3.05) is 38.2 Å². The van der Waals surface area contributed by atoms with Crippen molar-refractivity contribution in [3.8, 4) is 17.1 Å². The largest absolute Gasteiger partial charge is 0.496 e. The van der Waals surface area contributed by atoms with Crippen molar-refractivity contribution < 1.29 is 18.9 Å². The molecule has 2 aromatic carbocycles. The van der Waals surface area contributed by atoms with E-state index in [1.54, 1.807) is 48.5 Å². The average molecular weight is 501 g/mol. The third-order valence-corrected chi connectivity index (χ3v) is 6.08. The number of thiocarbonyl (C=S) groups is 1. The number of hydrogen-bond donors (Lipinski definition) is 1. The molecular formula is C23H21ClN4O5S. The summed E-state index contributed by atoms with van der Waals surface area (Å²) >= 11 is 11.3. The Kier molecular flexibility index (Phi) is 6.99. The Morgan fingerprint density at radius 3 is 2.47 bits per heavy atom. The number of furan rings is 1. The van der Waals surface area contributed by atoms with Gasteiger partial charge in [0.1, 0.15) is 17.2 Å². The maximum absolute atomic E-state index is 12.6. The Hall–Kier alpha value is -3.63. The van der Waals surface area contributed by atoms with Crippen LogP contribution >= 0.6 is 23.8 Å². The summed E-state index contributed by atoms with van der Waals surface area (Å²) in [6.07, 6.45) is 0. The van der Waals surface area contributed by atoms with E-state index in [2.05, 4.69) is 5.32 Å². The van der Waals surface area contributed by atoms with Crippen molar-refractivity contribution >= 4 is 46.2 Å². The maximum Gasteiger partial charge on any atom is 0.296 e. The second-order valence-corrected chi connectivity index (χ2v) is 8.34. The van der Waals surface area contributed by atoms with Gasteiger partial charge < -0.3 is 19.0 Å². The minimum absolute atomic E-state index is 0.0157. The first-order valence-corrected chi connectivity index (χ1v) is 11.2. The quantitative estimate of drug-likeness (QED) is 0.313. The molecule has 0 spiro atoms. The molecule has 3 aromatic rings. The van der Waals surface area contributed by atoms with Gasteiger partial charge in [-0.3, -0.25) is 20.2 Å². The molecule has 34 heavy (non-hydrogen) atoms. The Labute approximate surface area is 206 Å². The van der Waals surface area contributed by atoms with Crippen LogP contribution in [0.2, 0.25) is 5.02 Å². The fourth-order valence-electron chi connectivity index (χ4n) is 3.66. The van der Waals surface area contributed by atoms with E-state index in [1.165, 1.54) is 13.2 Å². The van der Waals surface area contributed by atoms with Crippen LogP contribution in [0.4, 0.5) is 11.4 Å². The molecule has 11 heteroatoms. The van der Waals surface area contributed by atoms with Gasteiger partial charge in [0.05, 0.1) is 18.1 Å². The molecule has 1 N–H and O–H groups in total. The van der Waals surface area contributed by atoms with Crippen LogP contribution in [0.25, 0.3) is 11.3 Å². The molecule has 4 rings (SSSR count). The Bertz CT molecular complexity index is 1220. The number of rotatable bonds is 5. The summed E-state index contributed by atoms with van der Waals surface area (Å²) in [6.45, 7) is 2.00. The summed E-state index contributed by atoms with van der Waals surface area (Å²) in [7, 11) is 1.47. The summed E-state index contributed by atoms with van der Waals surface area (Å²) in [5.41, 5.74) is 1.30. The van der Waals surface area contributed by atoms with Crippen molar-refractivity contribution in [1.29, 1.82) is 0 Å². The molecule has 1 aliphatic rings. The van der Waals surface area contributed by atoms with Crippen molar-refractivity contribution in [3.63, 3.8) is 0 Å². The molecule has 1 aliphatic heterocycles. The summed E-state index contributed by atoms with van der Waals surface area (Å²) in [4.78, 5) is 27.5. The highest BCUT2D eigenvalue weighted by molar-refractivity contribution is 7.80. The lowest BCUT2D eigenvalue weighted by Crippen LogP contribution is -2.52. The van der Waals surface area contributed by atoms with E-state index in [0.29, 0.717) is 48.4 Å². The highest BCUT2D eigenvalue weighted by Crippen LogP contribution is 2.32. The number of amides is 1. The zero-order valence-electron chi connectivity index (χ0n) is 18.2. The van der Waals surface area contributed by atoms with Gasteiger partial charge in [-0.05, 0) is 60.7 Å². The molecule has 0 aliphatic carbocycles. The van der Waals surface area contributed by atoms with Gasteiger partial charge in [-0.25, -0.2) is 0 Å². The molecule has 1 aromatic heterocycles. The molecule has 1 amide bonds. The van der Waals surface area contributed by atoms with Crippen LogP contribution in [0.3, 0.4) is 0 Å². The SMILES string of the molecule is COc1ccc(N2CCN(C(=S)NC(=O)c3ccc(-c4ccc(Cl)cc4)o3)CC2)c([N+](=O)[O-])c1. The Morgan fingerprint density at radius 1 is 1.12 bits per heavy atom. The van der Waals surface area contributed by atoms with Gasteiger partial charge in [0.15, 0.2) is 10.9 Å². The summed E-state index contributed by atoms with van der Waals surface area (Å²) in [6, 6.07) is 15.2. The highest BCUT2D eigenvalue weighted by atomic mass is 35.5. The lowest BCUT2D eigenvalue weighted by molar-refractivity contribution is -0.384. The first kappa shape index (κ1) is 23.5. The number of carbonyl (C=O) groups is 1. The zero-order chi connectivity index (χ0) is 24.2. The van der Waals surface area contributed by atoms with E-state index in [4.69, 9.17) is 33.0 Å². The van der Waals surface area contributed by atoms with E-state index in [0.717, 1.165) is 5.56 Å². The van der Waals surface area contributed by atoms with E-state index >= 15 is 0 Å². The van der Waals surface area contributed by atoms with Gasteiger partial charge in [-0.15, -0.1) is 0 Å². The molecule has 0 radical (unpaired) electrons. The summed E-state index contributed by atoms with van der Waals surface area (Å²) in [5.74, 6) is 0.663. The smallest absolute Gasteiger partial charge is 0.296 e. The molecular weight excluding hydrogens is 480 g/mol. The number of nitrogens with zero attached hydrogens (tertiary/aromatic N) is 3. The van der Waals surface area contributed by atoms with Gasteiger partial charge >= 0.3 is 0 Å². The fraction of sp³-hybridized carbons (Fsp3) is 0.217. The van der Waals surface area contributed by atoms with E-state index < -0.39 is 10.8 Å². The second kappa shape index (κ2) is 10.1. The predicted octanol–water partition coefficient (Wildman–Crippen LogP) is 4.35. The number of nitro groups is 1. The standard InChI is InChI=1S/C23H21ClN4O5S/c1-32-17-6-7-18(19(14-17)28(30)31)26-10-12-27(13-11-26)23(34)25-22(29)21-9-8-20(33-21)15-2-4-16(24)5-3-15/h2-9,14H,10-13H2,1H3,(H,25,29,34). The van der Waals surface area contributed by atoms with Crippen molar-refractivity contribution in [3.05, 3.63) is 75.5 Å². The van der Waals surface area contributed by atoms with Crippen LogP contribution in [0.5, 0.6) is 5.75 Å². The first-order valence-electron chi connectivity index (χ1n) is 10.4. The van der Waals surface area contributed by atoms with Gasteiger partial charge in [0, 0.05) is 36.8 Å². The van der Waals surface area contributed by atoms with Crippen LogP contribution < -0.4 is 15.0 Å². The van der Waals surface area contributed by atoms with Crippen LogP contribution in [-0.2, 0) is 0 Å². The number of nitrogens with one attached hydrogen (secondary N) is 1. The third kappa shape index (κ3) is 5.13. The number of halogens is 1. The van der Waals surface area contributed by atoms with Crippen molar-refractivity contribution in [2.24, 2.45) is 0 Å². The van der Waals surface area contributed by atoms with Crippen LogP contribution in [-0.4, -0.2) is 54.1 Å². The van der Waals surface area contributed by atoms with Gasteiger partial charge in [0.25, 0.3) is 11.6 Å². The first-order chi connectivity index (χ1) is 16.4. The summed E-state index contributed by atoms with van der Waals surface area (Å²) < 4.78 is 10.8. The molecule has 1 saturated heterocycles. The Morgan fingerprint density at radius 2 is 1.82 bits per heavy atom. The molecule has 9 nitrogen and oxygen atoms in total. The maximum atomic E-state index is 12.6. The molecule has 1 fully saturated rings. The van der Waals surface area contributed by atoms with Crippen molar-refractivity contribution in [1.82, 2.24) is 10.2 Å². The monoisotopic (exact) mass is 500 g/mol. The lowest BCUT2D eigenvalue weighted by Gasteiger charge is -2.36. The topological polar surface area (TPSA) is 101 Å². The molecule has 0 bridgehead atoms.